The SMILES string of the molecule is CC(C)N(C)CCNC(=O)c1ccc(C#CCCO)cn1. The molecule has 1 heterocycles. The molecule has 1 amide bonds. The molecule has 1 rings (SSSR count). The second kappa shape index (κ2) is 9.11. The van der Waals surface area contributed by atoms with Gasteiger partial charge in [0.2, 0.25) is 0 Å². The van der Waals surface area contributed by atoms with Crippen molar-refractivity contribution in [2.24, 2.45) is 0 Å². The molecule has 0 unspecified atom stereocenters. The van der Waals surface area contributed by atoms with Crippen LogP contribution in [0.3, 0.4) is 0 Å². The number of nitrogens with one attached hydrogen (secondary N) is 1. The molecular formula is C16H23N3O2. The average molecular weight is 289 g/mol. The van der Waals surface area contributed by atoms with E-state index in [9.17, 15) is 4.79 Å². The predicted octanol–water partition coefficient (Wildman–Crippen LogP) is 0.885. The van der Waals surface area contributed by atoms with Gasteiger partial charge in [0, 0.05) is 37.3 Å². The summed E-state index contributed by atoms with van der Waals surface area (Å²) in [5.74, 6) is 5.50. The van der Waals surface area contributed by atoms with E-state index in [1.165, 1.54) is 0 Å². The summed E-state index contributed by atoms with van der Waals surface area (Å²) in [7, 11) is 2.02. The Bertz CT molecular complexity index is 500. The van der Waals surface area contributed by atoms with Crippen molar-refractivity contribution >= 4 is 5.91 Å². The highest BCUT2D eigenvalue weighted by atomic mass is 16.2. The van der Waals surface area contributed by atoms with E-state index in [4.69, 9.17) is 5.11 Å². The Labute approximate surface area is 126 Å². The van der Waals surface area contributed by atoms with E-state index in [0.717, 1.165) is 12.1 Å². The lowest BCUT2D eigenvalue weighted by molar-refractivity contribution is 0.0943. The van der Waals surface area contributed by atoms with Gasteiger partial charge in [-0.05, 0) is 33.0 Å². The number of amides is 1. The first-order valence-electron chi connectivity index (χ1n) is 7.08. The van der Waals surface area contributed by atoms with E-state index in [2.05, 4.69) is 40.9 Å². The van der Waals surface area contributed by atoms with E-state index >= 15 is 0 Å². The summed E-state index contributed by atoms with van der Waals surface area (Å²) >= 11 is 0. The number of nitrogens with zero attached hydrogens (tertiary/aromatic N) is 2. The molecule has 0 saturated carbocycles. The van der Waals surface area contributed by atoms with Crippen molar-refractivity contribution in [2.75, 3.05) is 26.7 Å². The number of aromatic nitrogens is 1. The maximum Gasteiger partial charge on any atom is 0.269 e. The minimum absolute atomic E-state index is 0.0474. The van der Waals surface area contributed by atoms with Crippen molar-refractivity contribution in [1.82, 2.24) is 15.2 Å². The Morgan fingerprint density at radius 2 is 2.24 bits per heavy atom. The van der Waals surface area contributed by atoms with E-state index < -0.39 is 0 Å². The van der Waals surface area contributed by atoms with Crippen LogP contribution in [-0.2, 0) is 0 Å². The first-order chi connectivity index (χ1) is 10.0. The highest BCUT2D eigenvalue weighted by Gasteiger charge is 2.07. The van der Waals surface area contributed by atoms with Crippen LogP contribution < -0.4 is 5.32 Å². The van der Waals surface area contributed by atoms with Crippen LogP contribution in [-0.4, -0.2) is 53.7 Å². The molecule has 0 bridgehead atoms. The van der Waals surface area contributed by atoms with Gasteiger partial charge in [-0.15, -0.1) is 0 Å². The number of aliphatic hydroxyl groups is 1. The minimum atomic E-state index is -0.179. The molecule has 0 aromatic carbocycles. The van der Waals surface area contributed by atoms with Crippen LogP contribution in [0.25, 0.3) is 0 Å². The molecule has 21 heavy (non-hydrogen) atoms. The Morgan fingerprint density at radius 3 is 2.81 bits per heavy atom. The number of hydrogen-bond acceptors (Lipinski definition) is 4. The van der Waals surface area contributed by atoms with Crippen molar-refractivity contribution in [3.8, 4) is 11.8 Å². The average Bonchev–Trinajstić information content (AvgIpc) is 2.47. The zero-order chi connectivity index (χ0) is 15.7. The van der Waals surface area contributed by atoms with Gasteiger partial charge in [-0.25, -0.2) is 4.98 Å². The molecule has 0 aliphatic carbocycles. The Balaban J connectivity index is 2.47. The summed E-state index contributed by atoms with van der Waals surface area (Å²) in [5.41, 5.74) is 1.12. The topological polar surface area (TPSA) is 65.5 Å². The lowest BCUT2D eigenvalue weighted by atomic mass is 10.2. The maximum absolute atomic E-state index is 11.9. The highest BCUT2D eigenvalue weighted by Crippen LogP contribution is 1.99. The van der Waals surface area contributed by atoms with Crippen LogP contribution >= 0.6 is 0 Å². The highest BCUT2D eigenvalue weighted by molar-refractivity contribution is 5.92. The normalized spacial score (nSPS) is 10.4. The van der Waals surface area contributed by atoms with Crippen LogP contribution in [0, 0.1) is 11.8 Å². The third-order valence-electron chi connectivity index (χ3n) is 3.10. The van der Waals surface area contributed by atoms with Crippen LogP contribution in [0.5, 0.6) is 0 Å². The fourth-order valence-corrected chi connectivity index (χ4v) is 1.52. The molecular weight excluding hydrogens is 266 g/mol. The zero-order valence-corrected chi connectivity index (χ0v) is 12.9. The van der Waals surface area contributed by atoms with Crippen molar-refractivity contribution in [2.45, 2.75) is 26.3 Å². The molecule has 0 fully saturated rings. The van der Waals surface area contributed by atoms with E-state index in [-0.39, 0.29) is 12.5 Å². The molecule has 5 nitrogen and oxygen atoms in total. The largest absolute Gasteiger partial charge is 0.395 e. The van der Waals surface area contributed by atoms with Gasteiger partial charge in [0.25, 0.3) is 5.91 Å². The molecule has 0 atom stereocenters. The Hall–Kier alpha value is -1.90. The van der Waals surface area contributed by atoms with Crippen molar-refractivity contribution in [1.29, 1.82) is 0 Å². The third-order valence-corrected chi connectivity index (χ3v) is 3.10. The number of hydrogen-bond donors (Lipinski definition) is 2. The quantitative estimate of drug-likeness (QED) is 0.763. The molecule has 0 saturated heterocycles. The van der Waals surface area contributed by atoms with Gasteiger partial charge >= 0.3 is 0 Å². The molecule has 0 aliphatic heterocycles. The molecule has 0 radical (unpaired) electrons. The van der Waals surface area contributed by atoms with Crippen molar-refractivity contribution in [3.05, 3.63) is 29.6 Å². The molecule has 2 N–H and O–H groups in total. The molecule has 5 heteroatoms. The minimum Gasteiger partial charge on any atom is -0.395 e. The lowest BCUT2D eigenvalue weighted by Gasteiger charge is -2.20. The van der Waals surface area contributed by atoms with Crippen molar-refractivity contribution in [3.63, 3.8) is 0 Å². The van der Waals surface area contributed by atoms with Crippen molar-refractivity contribution < 1.29 is 9.90 Å². The van der Waals surface area contributed by atoms with Gasteiger partial charge in [0.05, 0.1) is 6.61 Å². The van der Waals surface area contributed by atoms with Gasteiger partial charge in [-0.1, -0.05) is 11.8 Å². The van der Waals surface area contributed by atoms with Crippen LogP contribution in [0.15, 0.2) is 18.3 Å². The second-order valence-electron chi connectivity index (χ2n) is 5.04. The summed E-state index contributed by atoms with van der Waals surface area (Å²) in [5, 5.41) is 11.5. The molecule has 114 valence electrons. The zero-order valence-electron chi connectivity index (χ0n) is 12.9. The summed E-state index contributed by atoms with van der Waals surface area (Å²) in [4.78, 5) is 18.2. The maximum atomic E-state index is 11.9. The summed E-state index contributed by atoms with van der Waals surface area (Å²) in [6.07, 6.45) is 2.01. The number of rotatable bonds is 6. The van der Waals surface area contributed by atoms with Crippen LogP contribution in [0.2, 0.25) is 0 Å². The molecule has 1 aromatic heterocycles. The molecule has 0 aliphatic rings. The fraction of sp³-hybridized carbons (Fsp3) is 0.500. The second-order valence-corrected chi connectivity index (χ2v) is 5.04. The van der Waals surface area contributed by atoms with Crippen LogP contribution in [0.4, 0.5) is 0 Å². The number of carbonyl (C=O) groups excluding carboxylic acids is 1. The first-order valence-corrected chi connectivity index (χ1v) is 7.08. The fourth-order valence-electron chi connectivity index (χ4n) is 1.52. The Kier molecular flexibility index (Phi) is 7.44. The van der Waals surface area contributed by atoms with Gasteiger partial charge in [-0.3, -0.25) is 4.79 Å². The van der Waals surface area contributed by atoms with Crippen LogP contribution in [0.1, 0.15) is 36.3 Å². The molecule has 0 spiro atoms. The van der Waals surface area contributed by atoms with E-state index in [0.29, 0.717) is 24.7 Å². The lowest BCUT2D eigenvalue weighted by Crippen LogP contribution is -2.36. The number of aliphatic hydroxyl groups excluding tert-OH is 1. The van der Waals surface area contributed by atoms with Gasteiger partial charge in [-0.2, -0.15) is 0 Å². The summed E-state index contributed by atoms with van der Waals surface area (Å²) < 4.78 is 0. The van der Waals surface area contributed by atoms with E-state index in [1.54, 1.807) is 18.3 Å². The number of pyridine rings is 1. The number of carbonyl (C=O) groups is 1. The summed E-state index contributed by atoms with van der Waals surface area (Å²) in [6.45, 7) is 5.66. The Morgan fingerprint density at radius 1 is 1.48 bits per heavy atom. The standard InChI is InChI=1S/C16H23N3O2/c1-13(2)19(3)10-9-17-16(21)15-8-7-14(12-18-15)6-4-5-11-20/h7-8,12-13,20H,5,9-11H2,1-3H3,(H,17,21). The van der Waals surface area contributed by atoms with Gasteiger partial charge in [0.1, 0.15) is 5.69 Å². The van der Waals surface area contributed by atoms with Gasteiger partial charge in [0.15, 0.2) is 0 Å². The predicted molar refractivity (Wildman–Crippen MR) is 82.9 cm³/mol. The number of likely N-dealkylation sites (N-methyl/N-ethyl adjacent to an activating group) is 1. The molecule has 1 aromatic rings. The third kappa shape index (κ3) is 6.39. The van der Waals surface area contributed by atoms with Gasteiger partial charge < -0.3 is 15.3 Å². The van der Waals surface area contributed by atoms with E-state index in [1.807, 2.05) is 7.05 Å². The first kappa shape index (κ1) is 17.2. The summed E-state index contributed by atoms with van der Waals surface area (Å²) in [6, 6.07) is 3.87. The monoisotopic (exact) mass is 289 g/mol. The smallest absolute Gasteiger partial charge is 0.269 e.